The molecule has 0 spiro atoms. The molecule has 0 bridgehead atoms. The van der Waals surface area contributed by atoms with Crippen molar-refractivity contribution in [3.05, 3.63) is 107 Å². The van der Waals surface area contributed by atoms with E-state index in [9.17, 15) is 4.79 Å². The monoisotopic (exact) mass is 424 g/mol. The molecule has 4 heteroatoms. The van der Waals surface area contributed by atoms with Crippen molar-refractivity contribution in [3.63, 3.8) is 0 Å². The van der Waals surface area contributed by atoms with E-state index >= 15 is 0 Å². The summed E-state index contributed by atoms with van der Waals surface area (Å²) in [6, 6.07) is 26.4. The number of ether oxygens (including phenoxy) is 1. The lowest BCUT2D eigenvalue weighted by Crippen LogP contribution is -2.49. The molecule has 1 saturated heterocycles. The van der Waals surface area contributed by atoms with E-state index in [0.717, 1.165) is 49.4 Å². The second kappa shape index (κ2) is 8.54. The van der Waals surface area contributed by atoms with Gasteiger partial charge in [0.2, 0.25) is 5.91 Å². The van der Waals surface area contributed by atoms with Gasteiger partial charge in [-0.2, -0.15) is 0 Å². The number of rotatable bonds is 6. The Morgan fingerprint density at radius 2 is 1.69 bits per heavy atom. The van der Waals surface area contributed by atoms with Crippen molar-refractivity contribution in [3.8, 4) is 5.75 Å². The fourth-order valence-electron chi connectivity index (χ4n) is 5.30. The number of carbonyl (C=O) groups excluding carboxylic acids is 1. The topological polar surface area (TPSA) is 55.6 Å². The molecule has 0 saturated carbocycles. The van der Waals surface area contributed by atoms with Gasteiger partial charge in [0.15, 0.2) is 0 Å². The first-order valence-corrected chi connectivity index (χ1v) is 11.3. The number of amides is 1. The Hall–Kier alpha value is -3.53. The average Bonchev–Trinajstić information content (AvgIpc) is 3.49. The van der Waals surface area contributed by atoms with Crippen molar-refractivity contribution >= 4 is 12.0 Å². The van der Waals surface area contributed by atoms with E-state index in [1.54, 1.807) is 0 Å². The largest absolute Gasteiger partial charge is 0.493 e. The fraction of sp³-hybridized carbons (Fsp3) is 0.250. The first-order valence-electron chi connectivity index (χ1n) is 11.3. The highest BCUT2D eigenvalue weighted by atomic mass is 16.5. The second-order valence-electron chi connectivity index (χ2n) is 8.67. The maximum Gasteiger partial charge on any atom is 0.232 e. The summed E-state index contributed by atoms with van der Waals surface area (Å²) >= 11 is 0. The maximum absolute atomic E-state index is 13.2. The van der Waals surface area contributed by atoms with Gasteiger partial charge in [-0.1, -0.05) is 66.7 Å². The Labute approximate surface area is 189 Å². The zero-order chi connectivity index (χ0) is 22.0. The Morgan fingerprint density at radius 3 is 2.34 bits per heavy atom. The third-order valence-corrected chi connectivity index (χ3v) is 6.87. The number of likely N-dealkylation sites (tertiary alicyclic amines) is 1. The molecule has 3 aromatic carbocycles. The lowest BCUT2D eigenvalue weighted by atomic mass is 9.64. The van der Waals surface area contributed by atoms with Crippen LogP contribution >= 0.6 is 0 Å². The van der Waals surface area contributed by atoms with Gasteiger partial charge in [0.1, 0.15) is 11.2 Å². The summed E-state index contributed by atoms with van der Waals surface area (Å²) in [6.07, 6.45) is 6.17. The van der Waals surface area contributed by atoms with Crippen LogP contribution in [0.25, 0.3) is 6.08 Å². The zero-order valence-electron chi connectivity index (χ0n) is 18.1. The third-order valence-electron chi connectivity index (χ3n) is 6.87. The number of carbonyl (C=O) groups is 1. The molecule has 1 fully saturated rings. The van der Waals surface area contributed by atoms with E-state index in [0.29, 0.717) is 0 Å². The number of hydrogen-bond acceptors (Lipinski definition) is 3. The maximum atomic E-state index is 13.2. The second-order valence-corrected chi connectivity index (χ2v) is 8.67. The molecule has 0 aromatic heterocycles. The average molecular weight is 425 g/mol. The smallest absolute Gasteiger partial charge is 0.232 e. The molecule has 162 valence electrons. The molecule has 0 radical (unpaired) electrons. The molecule has 0 unspecified atom stereocenters. The highest BCUT2D eigenvalue weighted by Gasteiger charge is 2.49. The number of fused-ring (bicyclic) bond motifs is 1. The Morgan fingerprint density at radius 1 is 1.00 bits per heavy atom. The SMILES string of the molecule is NC(=O)C(c1ccccc1)(c1ccccc1)[C@@H]1CCN(/C=C/c2ccc3c(c2)CCO3)C1. The van der Waals surface area contributed by atoms with Crippen LogP contribution in [0.3, 0.4) is 0 Å². The minimum Gasteiger partial charge on any atom is -0.493 e. The van der Waals surface area contributed by atoms with E-state index in [4.69, 9.17) is 10.5 Å². The molecule has 32 heavy (non-hydrogen) atoms. The standard InChI is InChI=1S/C28H28N2O2/c29-27(31)28(23-7-3-1-4-8-23,24-9-5-2-6-10-24)25-14-17-30(20-25)16-13-21-11-12-26-22(19-21)15-18-32-26/h1-13,16,19,25H,14-15,17-18,20H2,(H2,29,31)/b16-13+/t25-/m1/s1. The quantitative estimate of drug-likeness (QED) is 0.639. The number of nitrogens with two attached hydrogens (primary N) is 1. The molecule has 0 aliphatic carbocycles. The number of hydrogen-bond donors (Lipinski definition) is 1. The molecule has 1 amide bonds. The van der Waals surface area contributed by atoms with Crippen LogP contribution in [0.4, 0.5) is 0 Å². The molecule has 2 aliphatic rings. The molecule has 1 atom stereocenters. The fourth-order valence-corrected chi connectivity index (χ4v) is 5.30. The van der Waals surface area contributed by atoms with Gasteiger partial charge in [0.25, 0.3) is 0 Å². The normalized spacial score (nSPS) is 18.0. The van der Waals surface area contributed by atoms with Crippen molar-refractivity contribution in [2.45, 2.75) is 18.3 Å². The summed E-state index contributed by atoms with van der Waals surface area (Å²) in [4.78, 5) is 15.5. The van der Waals surface area contributed by atoms with Crippen LogP contribution in [0.5, 0.6) is 5.75 Å². The van der Waals surface area contributed by atoms with Crippen LogP contribution in [0.2, 0.25) is 0 Å². The van der Waals surface area contributed by atoms with Gasteiger partial charge < -0.3 is 15.4 Å². The Balaban J connectivity index is 1.44. The lowest BCUT2D eigenvalue weighted by molar-refractivity contribution is -0.123. The number of primary amides is 1. The zero-order valence-corrected chi connectivity index (χ0v) is 18.1. The van der Waals surface area contributed by atoms with Gasteiger partial charge in [0, 0.05) is 25.4 Å². The van der Waals surface area contributed by atoms with Gasteiger partial charge >= 0.3 is 0 Å². The van der Waals surface area contributed by atoms with Crippen LogP contribution in [0, 0.1) is 5.92 Å². The van der Waals surface area contributed by atoms with E-state index in [1.807, 2.05) is 60.7 Å². The Bertz CT molecular complexity index is 1090. The summed E-state index contributed by atoms with van der Waals surface area (Å²) in [5.74, 6) is 0.799. The lowest BCUT2D eigenvalue weighted by Gasteiger charge is -2.37. The van der Waals surface area contributed by atoms with Crippen LogP contribution in [-0.2, 0) is 16.6 Å². The van der Waals surface area contributed by atoms with Crippen molar-refractivity contribution in [2.24, 2.45) is 11.7 Å². The molecule has 5 rings (SSSR count). The molecule has 2 heterocycles. The van der Waals surface area contributed by atoms with Crippen LogP contribution in [-0.4, -0.2) is 30.5 Å². The first-order chi connectivity index (χ1) is 15.7. The first kappa shape index (κ1) is 20.4. The molecule has 3 aromatic rings. The summed E-state index contributed by atoms with van der Waals surface area (Å²) in [5, 5.41) is 0. The minimum absolute atomic E-state index is 0.0860. The van der Waals surface area contributed by atoms with E-state index in [2.05, 4.69) is 35.4 Å². The van der Waals surface area contributed by atoms with Crippen LogP contribution in [0.15, 0.2) is 85.1 Å². The van der Waals surface area contributed by atoms with Crippen molar-refractivity contribution in [1.82, 2.24) is 4.90 Å². The summed E-state index contributed by atoms with van der Waals surface area (Å²) in [5.41, 5.74) is 9.71. The third kappa shape index (κ3) is 3.56. The highest BCUT2D eigenvalue weighted by Crippen LogP contribution is 2.43. The van der Waals surface area contributed by atoms with Crippen molar-refractivity contribution < 1.29 is 9.53 Å². The molecular weight excluding hydrogens is 396 g/mol. The predicted octanol–water partition coefficient (Wildman–Crippen LogP) is 4.39. The predicted molar refractivity (Wildman–Crippen MR) is 127 cm³/mol. The summed E-state index contributed by atoms with van der Waals surface area (Å²) < 4.78 is 5.61. The number of benzene rings is 3. The van der Waals surface area contributed by atoms with Crippen LogP contribution in [0.1, 0.15) is 28.7 Å². The van der Waals surface area contributed by atoms with E-state index in [1.165, 1.54) is 11.1 Å². The molecular formula is C28H28N2O2. The van der Waals surface area contributed by atoms with Gasteiger partial charge in [-0.15, -0.1) is 0 Å². The van der Waals surface area contributed by atoms with Gasteiger partial charge in [-0.25, -0.2) is 0 Å². The molecule has 4 nitrogen and oxygen atoms in total. The molecule has 2 N–H and O–H groups in total. The van der Waals surface area contributed by atoms with E-state index in [-0.39, 0.29) is 11.8 Å². The molecule has 2 aliphatic heterocycles. The summed E-state index contributed by atoms with van der Waals surface area (Å²) in [6.45, 7) is 2.44. The highest BCUT2D eigenvalue weighted by molar-refractivity contribution is 5.91. The van der Waals surface area contributed by atoms with Crippen molar-refractivity contribution in [1.29, 1.82) is 0 Å². The van der Waals surface area contributed by atoms with Crippen molar-refractivity contribution in [2.75, 3.05) is 19.7 Å². The summed E-state index contributed by atoms with van der Waals surface area (Å²) in [7, 11) is 0. The van der Waals surface area contributed by atoms with Gasteiger partial charge in [0.05, 0.1) is 6.61 Å². The minimum atomic E-state index is -0.851. The van der Waals surface area contributed by atoms with E-state index < -0.39 is 5.41 Å². The number of nitrogens with zero attached hydrogens (tertiary/aromatic N) is 1. The Kier molecular flexibility index (Phi) is 5.44. The van der Waals surface area contributed by atoms with Gasteiger partial charge in [-0.05, 0) is 53.1 Å². The van der Waals surface area contributed by atoms with Gasteiger partial charge in [-0.3, -0.25) is 4.79 Å². The van der Waals surface area contributed by atoms with Crippen LogP contribution < -0.4 is 10.5 Å².